The van der Waals surface area contributed by atoms with E-state index in [1.54, 1.807) is 49.4 Å². The molecular weight excluding hydrogens is 524 g/mol. The Labute approximate surface area is 228 Å². The van der Waals surface area contributed by atoms with E-state index in [2.05, 4.69) is 6.07 Å². The minimum absolute atomic E-state index is 0.0624. The van der Waals surface area contributed by atoms with Crippen LogP contribution < -0.4 is 29.4 Å². The highest BCUT2D eigenvalue weighted by atomic mass is 35.5. The van der Waals surface area contributed by atoms with E-state index in [9.17, 15) is 10.1 Å². The van der Waals surface area contributed by atoms with Gasteiger partial charge in [0.05, 0.1) is 27.2 Å². The number of carbonyl (C=O) groups is 1. The van der Waals surface area contributed by atoms with Crippen LogP contribution in [-0.4, -0.2) is 27.3 Å². The number of ether oxygens (including phenoxy) is 5. The minimum Gasteiger partial charge on any atom is -0.493 e. The fourth-order valence-electron chi connectivity index (χ4n) is 4.65. The molecule has 39 heavy (non-hydrogen) atoms. The zero-order chi connectivity index (χ0) is 27.8. The monoisotopic (exact) mass is 546 g/mol. The van der Waals surface area contributed by atoms with Gasteiger partial charge in [-0.1, -0.05) is 17.7 Å². The van der Waals surface area contributed by atoms with Crippen LogP contribution in [0.2, 0.25) is 5.02 Å². The van der Waals surface area contributed by atoms with Gasteiger partial charge in [-0.2, -0.15) is 5.26 Å². The van der Waals surface area contributed by atoms with E-state index in [0.717, 1.165) is 5.39 Å². The number of hydrogen-bond acceptors (Lipinski definition) is 9. The Bertz CT molecular complexity index is 1680. The number of methoxy groups -OCH3 is 3. The second-order valence-electron chi connectivity index (χ2n) is 8.67. The normalized spacial score (nSPS) is 14.3. The predicted molar refractivity (Wildman–Crippen MR) is 143 cm³/mol. The Balaban J connectivity index is 1.53. The average molecular weight is 547 g/mol. The lowest BCUT2D eigenvalue weighted by atomic mass is 9.83. The number of allylic oxidation sites excluding steroid dienone is 1. The van der Waals surface area contributed by atoms with Crippen LogP contribution in [0.3, 0.4) is 0 Å². The molecule has 9 nitrogen and oxygen atoms in total. The lowest BCUT2D eigenvalue weighted by Crippen LogP contribution is -2.21. The second-order valence-corrected chi connectivity index (χ2v) is 9.11. The highest BCUT2D eigenvalue weighted by Crippen LogP contribution is 2.47. The number of esters is 1. The van der Waals surface area contributed by atoms with Gasteiger partial charge in [0.15, 0.2) is 11.5 Å². The van der Waals surface area contributed by atoms with E-state index < -0.39 is 11.9 Å². The number of nitrogens with zero attached hydrogens (tertiary/aromatic N) is 1. The molecule has 2 N–H and O–H groups in total. The number of rotatable bonds is 6. The summed E-state index contributed by atoms with van der Waals surface area (Å²) in [5, 5.41) is 11.2. The smallest absolute Gasteiger partial charge is 0.379 e. The fraction of sp³-hybridized carbons (Fsp3) is 0.172. The number of carbonyl (C=O) groups excluding carboxylic acids is 1. The third kappa shape index (κ3) is 4.45. The van der Waals surface area contributed by atoms with Crippen LogP contribution >= 0.6 is 11.6 Å². The van der Waals surface area contributed by atoms with Crippen molar-refractivity contribution >= 4 is 28.5 Å². The molecule has 0 radical (unpaired) electrons. The van der Waals surface area contributed by atoms with Gasteiger partial charge in [-0.3, -0.25) is 0 Å². The van der Waals surface area contributed by atoms with E-state index in [4.69, 9.17) is 45.4 Å². The van der Waals surface area contributed by atoms with Crippen LogP contribution in [0, 0.1) is 18.3 Å². The first-order valence-electron chi connectivity index (χ1n) is 11.7. The number of nitriles is 1. The van der Waals surface area contributed by atoms with Crippen molar-refractivity contribution in [2.45, 2.75) is 12.8 Å². The first-order chi connectivity index (χ1) is 18.8. The molecule has 1 atom stereocenters. The van der Waals surface area contributed by atoms with Crippen molar-refractivity contribution in [3.05, 3.63) is 87.5 Å². The molecule has 0 bridgehead atoms. The molecule has 198 valence electrons. The van der Waals surface area contributed by atoms with Gasteiger partial charge in [-0.25, -0.2) is 4.79 Å². The van der Waals surface area contributed by atoms with Crippen LogP contribution in [0.5, 0.6) is 28.7 Å². The Morgan fingerprint density at radius 2 is 1.74 bits per heavy atom. The molecule has 10 heteroatoms. The highest BCUT2D eigenvalue weighted by molar-refractivity contribution is 6.31. The Morgan fingerprint density at radius 3 is 2.38 bits per heavy atom. The lowest BCUT2D eigenvalue weighted by Gasteiger charge is -2.27. The van der Waals surface area contributed by atoms with E-state index in [1.807, 2.05) is 0 Å². The van der Waals surface area contributed by atoms with Crippen LogP contribution in [0.25, 0.3) is 11.0 Å². The predicted octanol–water partition coefficient (Wildman–Crippen LogP) is 5.86. The van der Waals surface area contributed by atoms with Crippen molar-refractivity contribution in [3.63, 3.8) is 0 Å². The van der Waals surface area contributed by atoms with Crippen LogP contribution in [0.4, 0.5) is 0 Å². The summed E-state index contributed by atoms with van der Waals surface area (Å²) in [5.74, 6) is 0.476. The summed E-state index contributed by atoms with van der Waals surface area (Å²) in [5.41, 5.74) is 8.79. The van der Waals surface area contributed by atoms with Crippen molar-refractivity contribution in [1.29, 1.82) is 5.26 Å². The summed E-state index contributed by atoms with van der Waals surface area (Å²) in [6, 6.07) is 15.6. The molecule has 1 aliphatic heterocycles. The highest BCUT2D eigenvalue weighted by Gasteiger charge is 2.33. The second kappa shape index (κ2) is 10.2. The SMILES string of the molecule is COc1cc(C2C(C#N)=C(N)Oc3cc(OC(=O)c4oc5ccc(Cl)cc5c4C)ccc32)cc(OC)c1OC. The fourth-order valence-corrected chi connectivity index (χ4v) is 4.82. The third-order valence-electron chi connectivity index (χ3n) is 6.51. The zero-order valence-corrected chi connectivity index (χ0v) is 22.2. The minimum atomic E-state index is -0.682. The quantitative estimate of drug-likeness (QED) is 0.234. The Morgan fingerprint density at radius 1 is 1.03 bits per heavy atom. The Hall–Kier alpha value is -4.81. The summed E-state index contributed by atoms with van der Waals surface area (Å²) in [7, 11) is 4.52. The van der Waals surface area contributed by atoms with Gasteiger partial charge >= 0.3 is 5.97 Å². The largest absolute Gasteiger partial charge is 0.493 e. The van der Waals surface area contributed by atoms with E-state index in [0.29, 0.717) is 50.3 Å². The topological polar surface area (TPSA) is 126 Å². The molecule has 0 saturated carbocycles. The Kier molecular flexibility index (Phi) is 6.73. The van der Waals surface area contributed by atoms with Gasteiger partial charge in [0.25, 0.3) is 0 Å². The van der Waals surface area contributed by atoms with Crippen molar-refractivity contribution in [2.75, 3.05) is 21.3 Å². The van der Waals surface area contributed by atoms with Crippen molar-refractivity contribution in [2.24, 2.45) is 5.73 Å². The summed E-state index contributed by atoms with van der Waals surface area (Å²) >= 11 is 6.09. The van der Waals surface area contributed by atoms with Crippen LogP contribution in [0.15, 0.2) is 64.4 Å². The van der Waals surface area contributed by atoms with Gasteiger partial charge in [-0.15, -0.1) is 0 Å². The molecule has 0 aliphatic carbocycles. The molecule has 0 amide bonds. The van der Waals surface area contributed by atoms with Crippen LogP contribution in [0.1, 0.15) is 33.2 Å². The van der Waals surface area contributed by atoms with Crippen molar-refractivity contribution in [3.8, 4) is 34.8 Å². The van der Waals surface area contributed by atoms with E-state index in [-0.39, 0.29) is 23.0 Å². The van der Waals surface area contributed by atoms with Gasteiger partial charge in [0, 0.05) is 27.6 Å². The first-order valence-corrected chi connectivity index (χ1v) is 12.1. The molecule has 4 aromatic rings. The van der Waals surface area contributed by atoms with E-state index in [1.165, 1.54) is 27.4 Å². The van der Waals surface area contributed by atoms with E-state index >= 15 is 0 Å². The third-order valence-corrected chi connectivity index (χ3v) is 6.74. The van der Waals surface area contributed by atoms with Gasteiger partial charge in [0.1, 0.15) is 28.7 Å². The summed E-state index contributed by atoms with van der Waals surface area (Å²) in [6.45, 7) is 1.76. The summed E-state index contributed by atoms with van der Waals surface area (Å²) < 4.78 is 33.5. The average Bonchev–Trinajstić information content (AvgIpc) is 3.26. The maximum atomic E-state index is 13.0. The van der Waals surface area contributed by atoms with Crippen molar-refractivity contribution < 1.29 is 32.9 Å². The molecule has 0 fully saturated rings. The molecule has 1 aromatic heterocycles. The number of benzene rings is 3. The first kappa shape index (κ1) is 25.8. The molecule has 1 aliphatic rings. The number of hydrogen-bond donors (Lipinski definition) is 1. The number of furan rings is 1. The molecule has 3 aromatic carbocycles. The maximum absolute atomic E-state index is 13.0. The number of halogens is 1. The molecule has 5 rings (SSSR count). The molecule has 2 heterocycles. The number of nitrogens with two attached hydrogens (primary N) is 1. The molecular formula is C29H23ClN2O7. The van der Waals surface area contributed by atoms with Crippen LogP contribution in [-0.2, 0) is 0 Å². The summed E-state index contributed by atoms with van der Waals surface area (Å²) in [4.78, 5) is 13.0. The molecule has 0 spiro atoms. The zero-order valence-electron chi connectivity index (χ0n) is 21.5. The van der Waals surface area contributed by atoms with Gasteiger partial charge < -0.3 is 33.8 Å². The molecule has 1 unspecified atom stereocenters. The number of fused-ring (bicyclic) bond motifs is 2. The standard InChI is InChI=1S/C29H23ClN2O7/c1-14-19-11-16(30)5-8-21(19)38-26(14)29(33)37-17-6-7-18-22(12-17)39-28(32)20(13-31)25(18)15-9-23(34-2)27(36-4)24(10-15)35-3/h5-12,25H,32H2,1-4H3. The number of aryl methyl sites for hydroxylation is 1. The summed E-state index contributed by atoms with van der Waals surface area (Å²) in [6.07, 6.45) is 0. The lowest BCUT2D eigenvalue weighted by molar-refractivity contribution is 0.0702. The molecule has 0 saturated heterocycles. The van der Waals surface area contributed by atoms with Gasteiger partial charge in [-0.05, 0) is 48.9 Å². The van der Waals surface area contributed by atoms with Gasteiger partial charge in [0.2, 0.25) is 17.4 Å². The maximum Gasteiger partial charge on any atom is 0.379 e. The van der Waals surface area contributed by atoms with Crippen molar-refractivity contribution in [1.82, 2.24) is 0 Å².